The lowest BCUT2D eigenvalue weighted by atomic mass is 10.1. The van der Waals surface area contributed by atoms with Gasteiger partial charge in [-0.3, -0.25) is 20.2 Å². The lowest BCUT2D eigenvalue weighted by Gasteiger charge is -2.03. The second kappa shape index (κ2) is 7.50. The molecular formula is C18H15N3O5S. The third-order valence-corrected chi connectivity index (χ3v) is 4.71. The third-order valence-electron chi connectivity index (χ3n) is 3.78. The van der Waals surface area contributed by atoms with E-state index in [-0.39, 0.29) is 12.3 Å². The van der Waals surface area contributed by atoms with E-state index in [1.54, 1.807) is 32.0 Å². The van der Waals surface area contributed by atoms with Crippen molar-refractivity contribution in [3.8, 4) is 0 Å². The minimum atomic E-state index is -0.494. The molecule has 0 unspecified atom stereocenters. The van der Waals surface area contributed by atoms with Crippen molar-refractivity contribution in [3.05, 3.63) is 63.2 Å². The number of carbonyl (C=O) groups excluding carboxylic acids is 2. The van der Waals surface area contributed by atoms with Gasteiger partial charge in [0.1, 0.15) is 0 Å². The number of carbonyl (C=O) groups is 2. The highest BCUT2D eigenvalue weighted by atomic mass is 32.1. The van der Waals surface area contributed by atoms with Crippen LogP contribution in [-0.2, 0) is 4.74 Å². The van der Waals surface area contributed by atoms with Crippen LogP contribution in [0.5, 0.6) is 0 Å². The van der Waals surface area contributed by atoms with Crippen LogP contribution in [0.15, 0.2) is 36.4 Å². The zero-order chi connectivity index (χ0) is 19.6. The minimum Gasteiger partial charge on any atom is -0.462 e. The van der Waals surface area contributed by atoms with Crippen molar-refractivity contribution < 1.29 is 19.2 Å². The average molecular weight is 385 g/mol. The molecule has 1 aromatic heterocycles. The maximum Gasteiger partial charge on any atom is 0.338 e. The molecule has 9 heteroatoms. The summed E-state index contributed by atoms with van der Waals surface area (Å²) in [5.74, 6) is -0.836. The molecular weight excluding hydrogens is 370 g/mol. The van der Waals surface area contributed by atoms with Gasteiger partial charge in [0.2, 0.25) is 0 Å². The van der Waals surface area contributed by atoms with Gasteiger partial charge < -0.3 is 4.74 Å². The van der Waals surface area contributed by atoms with E-state index in [2.05, 4.69) is 10.3 Å². The van der Waals surface area contributed by atoms with E-state index in [0.29, 0.717) is 27.3 Å². The molecule has 3 rings (SSSR count). The predicted octanol–water partition coefficient (Wildman–Crippen LogP) is 3.94. The first-order valence-corrected chi connectivity index (χ1v) is 8.84. The standard InChI is InChI=1S/C18H15N3O5S/c1-3-26-17(23)12-4-6-13-15(9-12)27-18(19-13)20-16(22)11-5-7-14(21(24)25)10(2)8-11/h4-9H,3H2,1-2H3,(H,19,20,22). The molecule has 3 aromatic rings. The van der Waals surface area contributed by atoms with Crippen LogP contribution in [0.1, 0.15) is 33.2 Å². The number of nitro groups is 1. The van der Waals surface area contributed by atoms with Gasteiger partial charge in [-0.05, 0) is 44.2 Å². The van der Waals surface area contributed by atoms with Crippen molar-refractivity contribution in [3.63, 3.8) is 0 Å². The van der Waals surface area contributed by atoms with Gasteiger partial charge in [-0.1, -0.05) is 11.3 Å². The lowest BCUT2D eigenvalue weighted by Crippen LogP contribution is -2.12. The van der Waals surface area contributed by atoms with Gasteiger partial charge in [0.05, 0.1) is 27.3 Å². The van der Waals surface area contributed by atoms with Gasteiger partial charge in [-0.25, -0.2) is 9.78 Å². The number of hydrogen-bond acceptors (Lipinski definition) is 7. The Hall–Kier alpha value is -3.33. The van der Waals surface area contributed by atoms with Gasteiger partial charge in [0.25, 0.3) is 11.6 Å². The molecule has 27 heavy (non-hydrogen) atoms. The summed E-state index contributed by atoms with van der Waals surface area (Å²) in [4.78, 5) is 38.9. The SMILES string of the molecule is CCOC(=O)c1ccc2nc(NC(=O)c3ccc([N+](=O)[O-])c(C)c3)sc2c1. The number of aryl methyl sites for hydroxylation is 1. The maximum atomic E-state index is 12.4. The first-order chi connectivity index (χ1) is 12.9. The molecule has 0 atom stereocenters. The Bertz CT molecular complexity index is 1060. The maximum absolute atomic E-state index is 12.4. The molecule has 0 bridgehead atoms. The second-order valence-electron chi connectivity index (χ2n) is 5.63. The molecule has 1 heterocycles. The molecule has 0 spiro atoms. The van der Waals surface area contributed by atoms with E-state index >= 15 is 0 Å². The van der Waals surface area contributed by atoms with Gasteiger partial charge >= 0.3 is 5.97 Å². The number of esters is 1. The smallest absolute Gasteiger partial charge is 0.338 e. The van der Waals surface area contributed by atoms with Crippen LogP contribution in [0.25, 0.3) is 10.2 Å². The Morgan fingerprint density at radius 3 is 2.63 bits per heavy atom. The summed E-state index contributed by atoms with van der Waals surface area (Å²) in [6, 6.07) is 9.12. The van der Waals surface area contributed by atoms with Crippen molar-refractivity contribution in [2.75, 3.05) is 11.9 Å². The zero-order valence-corrected chi connectivity index (χ0v) is 15.3. The summed E-state index contributed by atoms with van der Waals surface area (Å²) < 4.78 is 5.70. The number of fused-ring (bicyclic) bond motifs is 1. The molecule has 0 saturated heterocycles. The van der Waals surface area contributed by atoms with E-state index in [4.69, 9.17) is 4.74 Å². The molecule has 0 aliphatic heterocycles. The number of nitrogens with zero attached hydrogens (tertiary/aromatic N) is 2. The Kier molecular flexibility index (Phi) is 5.13. The highest BCUT2D eigenvalue weighted by molar-refractivity contribution is 7.22. The number of benzene rings is 2. The van der Waals surface area contributed by atoms with Crippen LogP contribution >= 0.6 is 11.3 Å². The van der Waals surface area contributed by atoms with Gasteiger partial charge in [0.15, 0.2) is 5.13 Å². The lowest BCUT2D eigenvalue weighted by molar-refractivity contribution is -0.385. The van der Waals surface area contributed by atoms with Crippen LogP contribution in [0.3, 0.4) is 0 Å². The Morgan fingerprint density at radius 1 is 1.22 bits per heavy atom. The fourth-order valence-corrected chi connectivity index (χ4v) is 3.39. The van der Waals surface area contributed by atoms with Crippen molar-refractivity contribution in [2.45, 2.75) is 13.8 Å². The Balaban J connectivity index is 1.82. The van der Waals surface area contributed by atoms with E-state index in [1.807, 2.05) is 0 Å². The first-order valence-electron chi connectivity index (χ1n) is 8.03. The monoisotopic (exact) mass is 385 g/mol. The quantitative estimate of drug-likeness (QED) is 0.404. The topological polar surface area (TPSA) is 111 Å². The number of aromatic nitrogens is 1. The van der Waals surface area contributed by atoms with Crippen LogP contribution in [-0.4, -0.2) is 28.4 Å². The molecule has 2 aromatic carbocycles. The summed E-state index contributed by atoms with van der Waals surface area (Å²) in [6.07, 6.45) is 0. The van der Waals surface area contributed by atoms with Crippen molar-refractivity contribution in [1.82, 2.24) is 4.98 Å². The molecule has 0 aliphatic rings. The van der Waals surface area contributed by atoms with Crippen molar-refractivity contribution in [1.29, 1.82) is 0 Å². The van der Waals surface area contributed by atoms with Gasteiger partial charge in [0, 0.05) is 17.2 Å². The number of nitro benzene ring substituents is 1. The number of amides is 1. The van der Waals surface area contributed by atoms with Crippen LogP contribution < -0.4 is 5.32 Å². The predicted molar refractivity (Wildman–Crippen MR) is 101 cm³/mol. The van der Waals surface area contributed by atoms with Crippen molar-refractivity contribution >= 4 is 44.2 Å². The number of hydrogen-bond donors (Lipinski definition) is 1. The fraction of sp³-hybridized carbons (Fsp3) is 0.167. The number of anilines is 1. The summed E-state index contributed by atoms with van der Waals surface area (Å²) in [5, 5.41) is 13.9. The first kappa shape index (κ1) is 18.5. The molecule has 138 valence electrons. The van der Waals surface area contributed by atoms with Crippen LogP contribution in [0, 0.1) is 17.0 Å². The molecule has 0 saturated carbocycles. The summed E-state index contributed by atoms with van der Waals surface area (Å²) in [5.41, 5.74) is 1.71. The fourth-order valence-electron chi connectivity index (χ4n) is 2.49. The highest BCUT2D eigenvalue weighted by Gasteiger charge is 2.16. The van der Waals surface area contributed by atoms with Crippen LogP contribution in [0.4, 0.5) is 10.8 Å². The summed E-state index contributed by atoms with van der Waals surface area (Å²) in [7, 11) is 0. The molecule has 0 radical (unpaired) electrons. The summed E-state index contributed by atoms with van der Waals surface area (Å²) in [6.45, 7) is 3.59. The Labute approximate surface area is 157 Å². The number of ether oxygens (including phenoxy) is 1. The Morgan fingerprint density at radius 2 is 1.96 bits per heavy atom. The highest BCUT2D eigenvalue weighted by Crippen LogP contribution is 2.28. The molecule has 0 fully saturated rings. The van der Waals surface area contributed by atoms with Gasteiger partial charge in [-0.15, -0.1) is 0 Å². The summed E-state index contributed by atoms with van der Waals surface area (Å²) >= 11 is 1.22. The van der Waals surface area contributed by atoms with Crippen molar-refractivity contribution in [2.24, 2.45) is 0 Å². The third kappa shape index (κ3) is 3.93. The molecule has 8 nitrogen and oxygen atoms in total. The molecule has 0 aliphatic carbocycles. The normalized spacial score (nSPS) is 10.6. The number of nitrogens with one attached hydrogen (secondary N) is 1. The zero-order valence-electron chi connectivity index (χ0n) is 14.5. The average Bonchev–Trinajstić information content (AvgIpc) is 3.02. The van der Waals surface area contributed by atoms with E-state index in [0.717, 1.165) is 4.70 Å². The van der Waals surface area contributed by atoms with E-state index in [9.17, 15) is 19.7 Å². The van der Waals surface area contributed by atoms with E-state index < -0.39 is 16.8 Å². The number of thiazole rings is 1. The second-order valence-corrected chi connectivity index (χ2v) is 6.67. The largest absolute Gasteiger partial charge is 0.462 e. The van der Waals surface area contributed by atoms with Gasteiger partial charge in [-0.2, -0.15) is 0 Å². The molecule has 1 N–H and O–H groups in total. The minimum absolute atomic E-state index is 0.0435. The van der Waals surface area contributed by atoms with Crippen LogP contribution in [0.2, 0.25) is 0 Å². The van der Waals surface area contributed by atoms with E-state index in [1.165, 1.54) is 29.5 Å². The molecule has 1 amide bonds. The number of rotatable bonds is 5.